The average Bonchev–Trinajstić information content (AvgIpc) is 2.69. The first-order valence-electron chi connectivity index (χ1n) is 11.4. The van der Waals surface area contributed by atoms with Crippen LogP contribution < -0.4 is 0 Å². The predicted octanol–water partition coefficient (Wildman–Crippen LogP) is 7.20. The lowest BCUT2D eigenvalue weighted by molar-refractivity contribution is -0.151. The second kappa shape index (κ2) is 15.3. The molecule has 0 radical (unpaired) electrons. The number of carbonyl (C=O) groups excluding carboxylic acids is 2. The van der Waals surface area contributed by atoms with Gasteiger partial charge in [0.05, 0.1) is 17.9 Å². The molecule has 0 aliphatic rings. The molecule has 4 nitrogen and oxygen atoms in total. The molecule has 30 heavy (non-hydrogen) atoms. The van der Waals surface area contributed by atoms with Gasteiger partial charge in [-0.3, -0.25) is 4.79 Å². The van der Waals surface area contributed by atoms with Crippen molar-refractivity contribution >= 4 is 23.7 Å². The van der Waals surface area contributed by atoms with Crippen LogP contribution in [-0.2, 0) is 14.3 Å². The van der Waals surface area contributed by atoms with E-state index in [0.29, 0.717) is 12.2 Å². The molecule has 0 fully saturated rings. The van der Waals surface area contributed by atoms with Crippen molar-refractivity contribution in [3.05, 3.63) is 29.8 Å². The minimum absolute atomic E-state index is 0.243. The topological polar surface area (TPSA) is 52.6 Å². The highest BCUT2D eigenvalue weighted by molar-refractivity contribution is 8.00. The van der Waals surface area contributed by atoms with Crippen LogP contribution in [0.1, 0.15) is 102 Å². The zero-order chi connectivity index (χ0) is 22.2. The van der Waals surface area contributed by atoms with E-state index >= 15 is 0 Å². The molecule has 0 aromatic heterocycles. The maximum Gasteiger partial charge on any atom is 0.338 e. The van der Waals surface area contributed by atoms with Crippen LogP contribution >= 0.6 is 11.8 Å². The molecule has 5 heteroatoms. The van der Waals surface area contributed by atoms with Crippen LogP contribution in [0.2, 0.25) is 0 Å². The van der Waals surface area contributed by atoms with Gasteiger partial charge in [-0.05, 0) is 51.5 Å². The van der Waals surface area contributed by atoms with Crippen LogP contribution in [0.15, 0.2) is 29.2 Å². The molecule has 0 amide bonds. The van der Waals surface area contributed by atoms with E-state index in [4.69, 9.17) is 9.47 Å². The van der Waals surface area contributed by atoms with Crippen molar-refractivity contribution in [1.82, 2.24) is 0 Å². The lowest BCUT2D eigenvalue weighted by Crippen LogP contribution is -2.24. The maximum absolute atomic E-state index is 12.1. The van der Waals surface area contributed by atoms with Crippen molar-refractivity contribution < 1.29 is 19.1 Å². The van der Waals surface area contributed by atoms with Crippen molar-refractivity contribution in [2.24, 2.45) is 0 Å². The van der Waals surface area contributed by atoms with Gasteiger partial charge >= 0.3 is 11.9 Å². The van der Waals surface area contributed by atoms with Crippen molar-refractivity contribution in [1.29, 1.82) is 0 Å². The monoisotopic (exact) mass is 436 g/mol. The molecule has 0 aliphatic heterocycles. The van der Waals surface area contributed by atoms with Gasteiger partial charge in [-0.1, -0.05) is 64.7 Å². The van der Waals surface area contributed by atoms with Gasteiger partial charge in [0.1, 0.15) is 5.60 Å². The highest BCUT2D eigenvalue weighted by Crippen LogP contribution is 2.20. The summed E-state index contributed by atoms with van der Waals surface area (Å²) in [4.78, 5) is 24.8. The lowest BCUT2D eigenvalue weighted by Gasteiger charge is -2.19. The van der Waals surface area contributed by atoms with Gasteiger partial charge < -0.3 is 9.47 Å². The summed E-state index contributed by atoms with van der Waals surface area (Å²) in [6.07, 6.45) is 12.6. The van der Waals surface area contributed by atoms with Gasteiger partial charge in [0, 0.05) is 4.90 Å². The predicted molar refractivity (Wildman–Crippen MR) is 125 cm³/mol. The van der Waals surface area contributed by atoms with Crippen LogP contribution in [-0.4, -0.2) is 29.9 Å². The van der Waals surface area contributed by atoms with Crippen molar-refractivity contribution in [2.45, 2.75) is 102 Å². The van der Waals surface area contributed by atoms with Gasteiger partial charge in [0.2, 0.25) is 0 Å². The van der Waals surface area contributed by atoms with E-state index in [9.17, 15) is 9.59 Å². The normalized spacial score (nSPS) is 11.3. The van der Waals surface area contributed by atoms with Crippen molar-refractivity contribution in [3.63, 3.8) is 0 Å². The maximum atomic E-state index is 12.1. The molecule has 0 spiro atoms. The quantitative estimate of drug-likeness (QED) is 0.165. The van der Waals surface area contributed by atoms with E-state index < -0.39 is 5.60 Å². The molecule has 0 saturated carbocycles. The van der Waals surface area contributed by atoms with Gasteiger partial charge in [-0.15, -0.1) is 11.8 Å². The summed E-state index contributed by atoms with van der Waals surface area (Å²) in [5.74, 6) is -0.276. The van der Waals surface area contributed by atoms with Gasteiger partial charge in [-0.2, -0.15) is 0 Å². The summed E-state index contributed by atoms with van der Waals surface area (Å²) in [5, 5.41) is 0. The smallest absolute Gasteiger partial charge is 0.338 e. The third-order valence-electron chi connectivity index (χ3n) is 4.60. The molecular weight excluding hydrogens is 396 g/mol. The summed E-state index contributed by atoms with van der Waals surface area (Å²) >= 11 is 1.40. The van der Waals surface area contributed by atoms with Crippen molar-refractivity contribution in [2.75, 3.05) is 12.4 Å². The Bertz CT molecular complexity index is 605. The Hall–Kier alpha value is -1.49. The van der Waals surface area contributed by atoms with Crippen LogP contribution in [0.25, 0.3) is 0 Å². The first kappa shape index (κ1) is 26.5. The fourth-order valence-corrected chi connectivity index (χ4v) is 3.71. The van der Waals surface area contributed by atoms with Gasteiger partial charge in [-0.25, -0.2) is 4.79 Å². The molecule has 1 aromatic rings. The van der Waals surface area contributed by atoms with Crippen LogP contribution in [0, 0.1) is 0 Å². The molecule has 0 saturated heterocycles. The summed E-state index contributed by atoms with van der Waals surface area (Å²) < 4.78 is 10.7. The fourth-order valence-electron chi connectivity index (χ4n) is 3.04. The number of thioether (sulfide) groups is 1. The van der Waals surface area contributed by atoms with E-state index in [1.165, 1.54) is 63.1 Å². The van der Waals surface area contributed by atoms with E-state index in [1.54, 1.807) is 12.1 Å². The number of unbranched alkanes of at least 4 members (excludes halogenated alkanes) is 9. The second-order valence-corrected chi connectivity index (χ2v) is 9.77. The average molecular weight is 437 g/mol. The van der Waals surface area contributed by atoms with Crippen LogP contribution in [0.3, 0.4) is 0 Å². The first-order chi connectivity index (χ1) is 14.3. The Morgan fingerprint density at radius 2 is 1.37 bits per heavy atom. The van der Waals surface area contributed by atoms with Gasteiger partial charge in [0.25, 0.3) is 0 Å². The standard InChI is InChI=1S/C25H40O4S/c1-5-6-7-8-9-10-11-12-13-14-19-28-24(27)21-15-17-22(18-16-21)30-20-23(26)29-25(2,3)4/h15-18H,5-14,19-20H2,1-4H3. The molecule has 0 unspecified atom stereocenters. The highest BCUT2D eigenvalue weighted by Gasteiger charge is 2.16. The largest absolute Gasteiger partial charge is 0.462 e. The Balaban J connectivity index is 2.13. The molecule has 0 N–H and O–H groups in total. The van der Waals surface area contributed by atoms with Crippen molar-refractivity contribution in [3.8, 4) is 0 Å². The summed E-state index contributed by atoms with van der Waals surface area (Å²) in [6.45, 7) is 8.28. The molecular formula is C25H40O4S. The number of hydrogen-bond donors (Lipinski definition) is 0. The minimum Gasteiger partial charge on any atom is -0.462 e. The van der Waals surface area contributed by atoms with E-state index in [1.807, 2.05) is 32.9 Å². The zero-order valence-electron chi connectivity index (χ0n) is 19.3. The number of carbonyl (C=O) groups is 2. The number of hydrogen-bond acceptors (Lipinski definition) is 5. The Morgan fingerprint density at radius 1 is 0.833 bits per heavy atom. The Kier molecular flexibility index (Phi) is 13.6. The molecule has 0 bridgehead atoms. The Morgan fingerprint density at radius 3 is 1.90 bits per heavy atom. The highest BCUT2D eigenvalue weighted by atomic mass is 32.2. The Labute approximate surface area is 187 Å². The summed E-state index contributed by atoms with van der Waals surface area (Å²) in [6, 6.07) is 7.18. The summed E-state index contributed by atoms with van der Waals surface area (Å²) in [7, 11) is 0. The number of ether oxygens (including phenoxy) is 2. The van der Waals surface area contributed by atoms with E-state index in [0.717, 1.165) is 17.7 Å². The SMILES string of the molecule is CCCCCCCCCCCCOC(=O)c1ccc(SCC(=O)OC(C)(C)C)cc1. The zero-order valence-corrected chi connectivity index (χ0v) is 20.2. The number of benzene rings is 1. The van der Waals surface area contributed by atoms with Crippen LogP contribution in [0.5, 0.6) is 0 Å². The first-order valence-corrected chi connectivity index (χ1v) is 12.4. The van der Waals surface area contributed by atoms with E-state index in [2.05, 4.69) is 6.92 Å². The fraction of sp³-hybridized carbons (Fsp3) is 0.680. The second-order valence-electron chi connectivity index (χ2n) is 8.72. The number of rotatable bonds is 15. The molecule has 0 heterocycles. The van der Waals surface area contributed by atoms with Gasteiger partial charge in [0.15, 0.2) is 0 Å². The van der Waals surface area contributed by atoms with Crippen LogP contribution in [0.4, 0.5) is 0 Å². The molecule has 1 rings (SSSR count). The third-order valence-corrected chi connectivity index (χ3v) is 5.58. The third kappa shape index (κ3) is 13.7. The molecule has 0 atom stereocenters. The summed E-state index contributed by atoms with van der Waals surface area (Å²) in [5.41, 5.74) is 0.0724. The lowest BCUT2D eigenvalue weighted by atomic mass is 10.1. The molecule has 1 aromatic carbocycles. The molecule has 170 valence electrons. The molecule has 0 aliphatic carbocycles. The minimum atomic E-state index is -0.473. The number of esters is 2. The van der Waals surface area contributed by atoms with E-state index in [-0.39, 0.29) is 17.7 Å².